The zero-order chi connectivity index (χ0) is 22.0. The summed E-state index contributed by atoms with van der Waals surface area (Å²) in [5.74, 6) is 0.330. The van der Waals surface area contributed by atoms with Crippen LogP contribution >= 0.6 is 15.9 Å². The van der Waals surface area contributed by atoms with Gasteiger partial charge in [-0.3, -0.25) is 14.2 Å². The first kappa shape index (κ1) is 20.8. The first-order chi connectivity index (χ1) is 14.9. The van der Waals surface area contributed by atoms with Gasteiger partial charge in [-0.2, -0.15) is 0 Å². The third-order valence-corrected chi connectivity index (χ3v) is 5.65. The Labute approximate surface area is 188 Å². The standard InChI is InChI=1S/C24H21BrN4O2/c1-16-26-21-14-17(12-13-22(21)29(16)18-8-4-3-5-9-18)24(31)28(2)15-23(30)27-20-11-7-6-10-19(20)25/h3-14H,15H2,1-2H3,(H,27,30). The minimum absolute atomic E-state index is 0.0598. The van der Waals surface area contributed by atoms with Crippen LogP contribution in [0.4, 0.5) is 5.69 Å². The summed E-state index contributed by atoms with van der Waals surface area (Å²) >= 11 is 3.40. The average molecular weight is 477 g/mol. The number of carbonyl (C=O) groups is 2. The lowest BCUT2D eigenvalue weighted by Crippen LogP contribution is -2.35. The number of aryl methyl sites for hydroxylation is 1. The molecule has 0 spiro atoms. The van der Waals surface area contributed by atoms with Crippen LogP contribution in [-0.4, -0.2) is 39.9 Å². The van der Waals surface area contributed by atoms with Crippen LogP contribution < -0.4 is 5.32 Å². The van der Waals surface area contributed by atoms with Crippen LogP contribution in [0, 0.1) is 6.92 Å². The fourth-order valence-electron chi connectivity index (χ4n) is 3.50. The van der Waals surface area contributed by atoms with Gasteiger partial charge in [-0.05, 0) is 65.3 Å². The second-order valence-electron chi connectivity index (χ2n) is 7.22. The van der Waals surface area contributed by atoms with E-state index in [1.165, 1.54) is 4.90 Å². The monoisotopic (exact) mass is 476 g/mol. The molecule has 0 saturated heterocycles. The topological polar surface area (TPSA) is 67.2 Å². The second-order valence-corrected chi connectivity index (χ2v) is 8.08. The molecule has 0 bridgehead atoms. The van der Waals surface area contributed by atoms with Crippen molar-refractivity contribution in [3.8, 4) is 5.69 Å². The van der Waals surface area contributed by atoms with Gasteiger partial charge < -0.3 is 10.2 Å². The maximum atomic E-state index is 12.9. The van der Waals surface area contributed by atoms with E-state index < -0.39 is 0 Å². The Bertz CT molecular complexity index is 1270. The fraction of sp³-hybridized carbons (Fsp3) is 0.125. The number of nitrogens with zero attached hydrogens (tertiary/aromatic N) is 3. The minimum Gasteiger partial charge on any atom is -0.332 e. The molecule has 2 amide bonds. The van der Waals surface area contributed by atoms with Crippen LogP contribution in [0.1, 0.15) is 16.2 Å². The number of amides is 2. The van der Waals surface area contributed by atoms with E-state index in [0.717, 1.165) is 27.0 Å². The number of para-hydroxylation sites is 2. The van der Waals surface area contributed by atoms with E-state index in [4.69, 9.17) is 0 Å². The molecule has 0 radical (unpaired) electrons. The summed E-state index contributed by atoms with van der Waals surface area (Å²) in [6, 6.07) is 22.7. The summed E-state index contributed by atoms with van der Waals surface area (Å²) in [5, 5.41) is 2.81. The van der Waals surface area contributed by atoms with Crippen molar-refractivity contribution in [1.82, 2.24) is 14.5 Å². The Morgan fingerprint density at radius 1 is 1.03 bits per heavy atom. The molecule has 1 N–H and O–H groups in total. The Hall–Kier alpha value is -3.45. The lowest BCUT2D eigenvalue weighted by Gasteiger charge is -2.17. The van der Waals surface area contributed by atoms with Crippen molar-refractivity contribution >= 4 is 44.5 Å². The highest BCUT2D eigenvalue weighted by atomic mass is 79.9. The number of benzene rings is 3. The van der Waals surface area contributed by atoms with Crippen molar-refractivity contribution in [2.75, 3.05) is 18.9 Å². The molecule has 0 aliphatic carbocycles. The number of carbonyl (C=O) groups excluding carboxylic acids is 2. The molecular weight excluding hydrogens is 456 g/mol. The zero-order valence-electron chi connectivity index (χ0n) is 17.2. The van der Waals surface area contributed by atoms with Crippen molar-refractivity contribution in [2.24, 2.45) is 0 Å². The van der Waals surface area contributed by atoms with E-state index in [2.05, 4.69) is 30.8 Å². The van der Waals surface area contributed by atoms with E-state index in [9.17, 15) is 9.59 Å². The smallest absolute Gasteiger partial charge is 0.254 e. The molecule has 1 aromatic heterocycles. The molecule has 3 aromatic carbocycles. The molecule has 0 fully saturated rings. The molecule has 0 aliphatic heterocycles. The molecule has 156 valence electrons. The number of nitrogens with one attached hydrogen (secondary N) is 1. The molecule has 31 heavy (non-hydrogen) atoms. The van der Waals surface area contributed by atoms with Gasteiger partial charge in [-0.25, -0.2) is 4.98 Å². The molecule has 6 nitrogen and oxygen atoms in total. The fourth-order valence-corrected chi connectivity index (χ4v) is 3.88. The number of rotatable bonds is 5. The van der Waals surface area contributed by atoms with Gasteiger partial charge in [0, 0.05) is 22.8 Å². The predicted octanol–water partition coefficient (Wildman–Crippen LogP) is 4.81. The summed E-state index contributed by atoms with van der Waals surface area (Å²) < 4.78 is 2.84. The van der Waals surface area contributed by atoms with Gasteiger partial charge >= 0.3 is 0 Å². The maximum Gasteiger partial charge on any atom is 0.254 e. The zero-order valence-corrected chi connectivity index (χ0v) is 18.8. The van der Waals surface area contributed by atoms with Crippen molar-refractivity contribution < 1.29 is 9.59 Å². The van der Waals surface area contributed by atoms with Crippen molar-refractivity contribution in [3.63, 3.8) is 0 Å². The highest BCUT2D eigenvalue weighted by Crippen LogP contribution is 2.23. The van der Waals surface area contributed by atoms with Crippen molar-refractivity contribution in [1.29, 1.82) is 0 Å². The third-order valence-electron chi connectivity index (χ3n) is 4.96. The van der Waals surface area contributed by atoms with Crippen LogP contribution in [0.3, 0.4) is 0 Å². The number of likely N-dealkylation sites (N-methyl/N-ethyl adjacent to an activating group) is 1. The Morgan fingerprint density at radius 3 is 2.48 bits per heavy atom. The van der Waals surface area contributed by atoms with Gasteiger partial charge in [0.2, 0.25) is 5.91 Å². The van der Waals surface area contributed by atoms with Gasteiger partial charge in [0.25, 0.3) is 5.91 Å². The van der Waals surface area contributed by atoms with Crippen LogP contribution in [0.2, 0.25) is 0 Å². The number of hydrogen-bond donors (Lipinski definition) is 1. The molecule has 4 aromatic rings. The lowest BCUT2D eigenvalue weighted by atomic mass is 10.1. The maximum absolute atomic E-state index is 12.9. The molecule has 0 aliphatic rings. The lowest BCUT2D eigenvalue weighted by molar-refractivity contribution is -0.116. The molecule has 1 heterocycles. The first-order valence-corrected chi connectivity index (χ1v) is 10.6. The summed E-state index contributed by atoms with van der Waals surface area (Å²) in [4.78, 5) is 31.3. The van der Waals surface area contributed by atoms with Gasteiger partial charge in [-0.15, -0.1) is 0 Å². The van der Waals surface area contributed by atoms with Crippen molar-refractivity contribution in [2.45, 2.75) is 6.92 Å². The highest BCUT2D eigenvalue weighted by Gasteiger charge is 2.18. The van der Waals surface area contributed by atoms with Crippen LogP contribution in [-0.2, 0) is 4.79 Å². The van der Waals surface area contributed by atoms with Gasteiger partial charge in [0.05, 0.1) is 23.3 Å². The SMILES string of the molecule is Cc1nc2cc(C(=O)N(C)CC(=O)Nc3ccccc3Br)ccc2n1-c1ccccc1. The third kappa shape index (κ3) is 4.36. The van der Waals surface area contributed by atoms with Crippen LogP contribution in [0.25, 0.3) is 16.7 Å². The molecule has 7 heteroatoms. The average Bonchev–Trinajstić information content (AvgIpc) is 3.10. The quantitative estimate of drug-likeness (QED) is 0.449. The van der Waals surface area contributed by atoms with E-state index in [-0.39, 0.29) is 18.4 Å². The molecule has 4 rings (SSSR count). The van der Waals surface area contributed by atoms with E-state index in [0.29, 0.717) is 11.3 Å². The number of halogens is 1. The largest absolute Gasteiger partial charge is 0.332 e. The number of imidazole rings is 1. The first-order valence-electron chi connectivity index (χ1n) is 9.78. The molecule has 0 unspecified atom stereocenters. The van der Waals surface area contributed by atoms with E-state index in [1.54, 1.807) is 25.2 Å². The van der Waals surface area contributed by atoms with Crippen LogP contribution in [0.15, 0.2) is 77.3 Å². The Kier molecular flexibility index (Phi) is 5.86. The summed E-state index contributed by atoms with van der Waals surface area (Å²) in [6.45, 7) is 1.88. The summed E-state index contributed by atoms with van der Waals surface area (Å²) in [6.07, 6.45) is 0. The number of anilines is 1. The van der Waals surface area contributed by atoms with Gasteiger partial charge in [-0.1, -0.05) is 30.3 Å². The van der Waals surface area contributed by atoms with Gasteiger partial charge in [0.1, 0.15) is 5.82 Å². The van der Waals surface area contributed by atoms with E-state index in [1.807, 2.05) is 61.5 Å². The normalized spacial score (nSPS) is 10.8. The number of hydrogen-bond acceptors (Lipinski definition) is 3. The summed E-state index contributed by atoms with van der Waals surface area (Å²) in [5.41, 5.74) is 3.83. The van der Waals surface area contributed by atoms with Crippen molar-refractivity contribution in [3.05, 3.63) is 88.7 Å². The van der Waals surface area contributed by atoms with Gasteiger partial charge in [0.15, 0.2) is 0 Å². The number of fused-ring (bicyclic) bond motifs is 1. The predicted molar refractivity (Wildman–Crippen MR) is 126 cm³/mol. The molecular formula is C24H21BrN4O2. The Morgan fingerprint density at radius 2 is 1.74 bits per heavy atom. The Balaban J connectivity index is 1.52. The molecule has 0 atom stereocenters. The number of aromatic nitrogens is 2. The highest BCUT2D eigenvalue weighted by molar-refractivity contribution is 9.10. The second kappa shape index (κ2) is 8.73. The minimum atomic E-state index is -0.270. The summed E-state index contributed by atoms with van der Waals surface area (Å²) in [7, 11) is 1.61. The van der Waals surface area contributed by atoms with Crippen LogP contribution in [0.5, 0.6) is 0 Å². The van der Waals surface area contributed by atoms with E-state index >= 15 is 0 Å². The molecule has 0 saturated carbocycles.